The Kier molecular flexibility index (Phi) is 6.52. The van der Waals surface area contributed by atoms with Gasteiger partial charge in [-0.25, -0.2) is 4.98 Å². The molecule has 6 heteroatoms. The van der Waals surface area contributed by atoms with Gasteiger partial charge in [-0.05, 0) is 122 Å². The van der Waals surface area contributed by atoms with Gasteiger partial charge in [-0.3, -0.25) is 4.79 Å². The number of benzene rings is 1. The number of nitrogens with one attached hydrogen (secondary N) is 1. The van der Waals surface area contributed by atoms with Crippen LogP contribution in [-0.2, 0) is 6.42 Å². The van der Waals surface area contributed by atoms with Gasteiger partial charge in [0.1, 0.15) is 5.82 Å². The molecular formula is C31H43ClN2O3. The summed E-state index contributed by atoms with van der Waals surface area (Å²) < 4.78 is 0. The van der Waals surface area contributed by atoms with Crippen molar-refractivity contribution in [1.82, 2.24) is 9.97 Å². The van der Waals surface area contributed by atoms with Crippen molar-refractivity contribution in [3.8, 4) is 0 Å². The molecule has 1 heterocycles. The number of H-pyrrole nitrogens is 1. The number of aliphatic hydroxyl groups is 2. The molecule has 4 saturated carbocycles. The molecule has 3 N–H and O–H groups in total. The van der Waals surface area contributed by atoms with Crippen molar-refractivity contribution in [3.63, 3.8) is 0 Å². The topological polar surface area (TPSA) is 86.2 Å². The molecule has 0 saturated heterocycles. The molecule has 1 aromatic carbocycles. The number of aromatic amines is 1. The molecule has 0 radical (unpaired) electrons. The van der Waals surface area contributed by atoms with Crippen molar-refractivity contribution < 1.29 is 10.2 Å². The third-order valence-corrected chi connectivity index (χ3v) is 12.2. The highest BCUT2D eigenvalue weighted by Crippen LogP contribution is 2.68. The van der Waals surface area contributed by atoms with E-state index in [-0.39, 0.29) is 28.6 Å². The van der Waals surface area contributed by atoms with Crippen LogP contribution in [0.3, 0.4) is 0 Å². The monoisotopic (exact) mass is 526 g/mol. The standard InChI is InChI=1S/C31H43ClN2O3/c1-17(4-9-27-33-25-16-19(32)5-6-21(25)29(37)34-27)22-7-8-23-28-24(11-13-31(22,23)3)30(2)12-10-20(35)14-18(30)15-26(28)36/h5-6,16-18,20,22-24,26,28,35-36H,4,7-15H2,1-3H3,(H,33,34,37)/t17-,18+,20-,22-,23+,24?,26+,28+,30+,31-/m1/s1. The fourth-order valence-corrected chi connectivity index (χ4v) is 10.2. The van der Waals surface area contributed by atoms with Crippen LogP contribution in [0.5, 0.6) is 0 Å². The minimum Gasteiger partial charge on any atom is -0.393 e. The normalized spacial score (nSPS) is 42.2. The van der Waals surface area contributed by atoms with Crippen molar-refractivity contribution in [1.29, 1.82) is 0 Å². The molecule has 0 spiro atoms. The van der Waals surface area contributed by atoms with Gasteiger partial charge in [0, 0.05) is 11.4 Å². The SMILES string of the molecule is C[C@H](CCc1nc2cc(Cl)ccc2c(=O)[nH]1)[C@H]1CC[C@H]2[C@H]3C(CC[C@]12C)[C@@]1(C)CC[C@@H](O)C[C@H]1C[C@@H]3O. The van der Waals surface area contributed by atoms with Crippen LogP contribution in [0.15, 0.2) is 23.0 Å². The molecule has 4 aliphatic carbocycles. The van der Waals surface area contributed by atoms with E-state index in [9.17, 15) is 15.0 Å². The highest BCUT2D eigenvalue weighted by Gasteiger charge is 2.62. The van der Waals surface area contributed by atoms with E-state index in [0.29, 0.717) is 51.4 Å². The average Bonchev–Trinajstić information content (AvgIpc) is 3.20. The summed E-state index contributed by atoms with van der Waals surface area (Å²) in [7, 11) is 0. The van der Waals surface area contributed by atoms with Crippen LogP contribution in [0.4, 0.5) is 0 Å². The quantitative estimate of drug-likeness (QED) is 0.447. The van der Waals surface area contributed by atoms with E-state index in [4.69, 9.17) is 16.6 Å². The van der Waals surface area contributed by atoms with Gasteiger partial charge in [-0.2, -0.15) is 0 Å². The Labute approximate surface area is 225 Å². The summed E-state index contributed by atoms with van der Waals surface area (Å²) in [5.41, 5.74) is 1.10. The lowest BCUT2D eigenvalue weighted by Crippen LogP contribution is -2.58. The lowest BCUT2D eigenvalue weighted by Gasteiger charge is -2.62. The van der Waals surface area contributed by atoms with Crippen LogP contribution in [0.25, 0.3) is 10.9 Å². The highest BCUT2D eigenvalue weighted by molar-refractivity contribution is 6.31. The van der Waals surface area contributed by atoms with Crippen molar-refractivity contribution in [3.05, 3.63) is 39.4 Å². The molecule has 0 amide bonds. The zero-order valence-electron chi connectivity index (χ0n) is 22.5. The molecule has 1 aromatic heterocycles. The van der Waals surface area contributed by atoms with E-state index < -0.39 is 0 Å². The van der Waals surface area contributed by atoms with Crippen LogP contribution < -0.4 is 5.56 Å². The summed E-state index contributed by atoms with van der Waals surface area (Å²) in [6.07, 6.45) is 10.0. The Morgan fingerprint density at radius 2 is 1.84 bits per heavy atom. The number of aryl methyl sites for hydroxylation is 1. The van der Waals surface area contributed by atoms with Crippen LogP contribution >= 0.6 is 11.6 Å². The number of halogens is 1. The lowest BCUT2D eigenvalue weighted by atomic mass is 9.43. The maximum absolute atomic E-state index is 12.6. The van der Waals surface area contributed by atoms with Gasteiger partial charge in [0.15, 0.2) is 0 Å². The molecule has 5 nitrogen and oxygen atoms in total. The number of aliphatic hydroxyl groups excluding tert-OH is 2. The van der Waals surface area contributed by atoms with Crippen molar-refractivity contribution >= 4 is 22.5 Å². The van der Waals surface area contributed by atoms with E-state index in [1.54, 1.807) is 18.2 Å². The second kappa shape index (κ2) is 9.34. The maximum Gasteiger partial charge on any atom is 0.258 e. The summed E-state index contributed by atoms with van der Waals surface area (Å²) in [4.78, 5) is 20.3. The van der Waals surface area contributed by atoms with Crippen molar-refractivity contribution in [2.24, 2.45) is 46.3 Å². The predicted molar refractivity (Wildman–Crippen MR) is 147 cm³/mol. The Morgan fingerprint density at radius 3 is 2.65 bits per heavy atom. The van der Waals surface area contributed by atoms with Gasteiger partial charge in [-0.1, -0.05) is 32.4 Å². The van der Waals surface area contributed by atoms with Gasteiger partial charge in [0.25, 0.3) is 5.56 Å². The van der Waals surface area contributed by atoms with E-state index in [2.05, 4.69) is 25.8 Å². The first-order valence-electron chi connectivity index (χ1n) is 14.6. The Morgan fingerprint density at radius 1 is 1.08 bits per heavy atom. The van der Waals surface area contributed by atoms with Gasteiger partial charge < -0.3 is 15.2 Å². The van der Waals surface area contributed by atoms with E-state index >= 15 is 0 Å². The molecular weight excluding hydrogens is 484 g/mol. The number of rotatable bonds is 4. The van der Waals surface area contributed by atoms with Crippen molar-refractivity contribution in [2.75, 3.05) is 0 Å². The molecule has 0 aliphatic heterocycles. The van der Waals surface area contributed by atoms with Gasteiger partial charge in [-0.15, -0.1) is 0 Å². The number of fused-ring (bicyclic) bond motifs is 6. The summed E-state index contributed by atoms with van der Waals surface area (Å²) in [6, 6.07) is 5.24. The number of hydrogen-bond donors (Lipinski definition) is 3. The Hall–Kier alpha value is -1.43. The molecule has 4 fully saturated rings. The van der Waals surface area contributed by atoms with E-state index in [1.165, 1.54) is 25.7 Å². The molecule has 37 heavy (non-hydrogen) atoms. The van der Waals surface area contributed by atoms with Crippen LogP contribution in [0.1, 0.15) is 84.4 Å². The molecule has 10 atom stereocenters. The molecule has 1 unspecified atom stereocenters. The second-order valence-electron chi connectivity index (χ2n) is 13.6. The number of hydrogen-bond acceptors (Lipinski definition) is 4. The highest BCUT2D eigenvalue weighted by atomic mass is 35.5. The first-order chi connectivity index (χ1) is 17.6. The zero-order valence-corrected chi connectivity index (χ0v) is 23.3. The second-order valence-corrected chi connectivity index (χ2v) is 14.1. The summed E-state index contributed by atoms with van der Waals surface area (Å²) in [5, 5.41) is 23.0. The molecule has 6 rings (SSSR count). The van der Waals surface area contributed by atoms with Crippen LogP contribution in [0, 0.1) is 46.3 Å². The third kappa shape index (κ3) is 4.19. The molecule has 202 valence electrons. The summed E-state index contributed by atoms with van der Waals surface area (Å²) >= 11 is 6.15. The first-order valence-corrected chi connectivity index (χ1v) is 15.0. The predicted octanol–water partition coefficient (Wildman–Crippen LogP) is 6.14. The first kappa shape index (κ1) is 25.8. The summed E-state index contributed by atoms with van der Waals surface area (Å²) in [6.45, 7) is 7.39. The Balaban J connectivity index is 1.18. The fraction of sp³-hybridized carbons (Fsp3) is 0.742. The van der Waals surface area contributed by atoms with Crippen LogP contribution in [-0.4, -0.2) is 32.4 Å². The Bertz CT molecular complexity index is 1230. The third-order valence-electron chi connectivity index (χ3n) is 12.0. The van der Waals surface area contributed by atoms with Gasteiger partial charge in [0.05, 0.1) is 23.1 Å². The largest absolute Gasteiger partial charge is 0.393 e. The zero-order chi connectivity index (χ0) is 26.1. The number of aromatic nitrogens is 2. The smallest absolute Gasteiger partial charge is 0.258 e. The minimum absolute atomic E-state index is 0.0937. The van der Waals surface area contributed by atoms with Gasteiger partial charge in [0.2, 0.25) is 0 Å². The lowest BCUT2D eigenvalue weighted by molar-refractivity contribution is -0.174. The van der Waals surface area contributed by atoms with Crippen molar-refractivity contribution in [2.45, 2.75) is 97.2 Å². The average molecular weight is 527 g/mol. The molecule has 0 bridgehead atoms. The summed E-state index contributed by atoms with van der Waals surface area (Å²) in [5.74, 6) is 3.93. The minimum atomic E-state index is -0.231. The molecule has 4 aliphatic rings. The fourth-order valence-electron chi connectivity index (χ4n) is 10.0. The maximum atomic E-state index is 12.6. The van der Waals surface area contributed by atoms with Crippen LogP contribution in [0.2, 0.25) is 5.02 Å². The molecule has 2 aromatic rings. The van der Waals surface area contributed by atoms with Gasteiger partial charge >= 0.3 is 0 Å². The number of nitrogens with zero attached hydrogens (tertiary/aromatic N) is 1. The van der Waals surface area contributed by atoms with E-state index in [0.717, 1.165) is 44.3 Å². The van der Waals surface area contributed by atoms with E-state index in [1.807, 2.05) is 0 Å².